The van der Waals surface area contributed by atoms with Crippen molar-refractivity contribution in [3.05, 3.63) is 23.4 Å². The molecular weight excluding hydrogens is 410 g/mol. The minimum absolute atomic E-state index is 0.729. The molecule has 0 atom stereocenters. The van der Waals surface area contributed by atoms with E-state index in [0.29, 0.717) is 0 Å². The Hall–Kier alpha value is -1.46. The van der Waals surface area contributed by atoms with Crippen molar-refractivity contribution < 1.29 is 9.53 Å². The number of anilines is 1. The fourth-order valence-corrected chi connectivity index (χ4v) is 4.48. The van der Waals surface area contributed by atoms with Crippen LogP contribution in [0.3, 0.4) is 0 Å². The SMILES string of the molecule is CCCCN(CCCCc1ccc2c(n1)NCCC2)CCOCCCCCCCCCC=O. The maximum atomic E-state index is 10.3. The predicted molar refractivity (Wildman–Crippen MR) is 139 cm³/mol. The van der Waals surface area contributed by atoms with Gasteiger partial charge < -0.3 is 19.7 Å². The molecule has 0 radical (unpaired) electrons. The van der Waals surface area contributed by atoms with Crippen molar-refractivity contribution in [1.82, 2.24) is 9.88 Å². The van der Waals surface area contributed by atoms with Gasteiger partial charge in [0.2, 0.25) is 0 Å². The molecule has 0 saturated heterocycles. The van der Waals surface area contributed by atoms with Crippen LogP contribution in [0.4, 0.5) is 5.82 Å². The maximum absolute atomic E-state index is 10.3. The molecule has 0 fully saturated rings. The van der Waals surface area contributed by atoms with E-state index in [1.165, 1.54) is 88.4 Å². The van der Waals surface area contributed by atoms with Crippen LogP contribution in [0, 0.1) is 0 Å². The number of carbonyl (C=O) groups is 1. The zero-order valence-electron chi connectivity index (χ0n) is 21.3. The van der Waals surface area contributed by atoms with Gasteiger partial charge in [0.1, 0.15) is 12.1 Å². The van der Waals surface area contributed by atoms with E-state index in [-0.39, 0.29) is 0 Å². The Morgan fingerprint density at radius 3 is 2.55 bits per heavy atom. The Morgan fingerprint density at radius 2 is 1.73 bits per heavy atom. The Morgan fingerprint density at radius 1 is 0.939 bits per heavy atom. The fourth-order valence-electron chi connectivity index (χ4n) is 4.48. The number of rotatable bonds is 21. The van der Waals surface area contributed by atoms with Crippen molar-refractivity contribution in [3.63, 3.8) is 0 Å². The summed E-state index contributed by atoms with van der Waals surface area (Å²) in [5.74, 6) is 1.12. The maximum Gasteiger partial charge on any atom is 0.129 e. The van der Waals surface area contributed by atoms with E-state index < -0.39 is 0 Å². The molecule has 0 bridgehead atoms. The summed E-state index contributed by atoms with van der Waals surface area (Å²) in [7, 11) is 0. The molecule has 0 saturated carbocycles. The number of fused-ring (bicyclic) bond motifs is 1. The lowest BCUT2D eigenvalue weighted by molar-refractivity contribution is -0.107. The summed E-state index contributed by atoms with van der Waals surface area (Å²) in [5, 5.41) is 3.45. The van der Waals surface area contributed by atoms with Gasteiger partial charge in [0.25, 0.3) is 0 Å². The first kappa shape index (κ1) is 27.8. The standard InChI is InChI=1S/C28H49N3O2/c1-2-3-20-31(22-25-33-24-13-9-7-5-4-6-8-12-23-32)21-11-10-16-27-18-17-26-15-14-19-29-28(26)30-27/h17-18,23H,2-16,19-22,24-25H2,1H3,(H,29,30). The fraction of sp³-hybridized carbons (Fsp3) is 0.786. The number of hydrogen-bond acceptors (Lipinski definition) is 5. The van der Waals surface area contributed by atoms with Crippen molar-refractivity contribution in [2.24, 2.45) is 0 Å². The van der Waals surface area contributed by atoms with Gasteiger partial charge >= 0.3 is 0 Å². The van der Waals surface area contributed by atoms with Crippen LogP contribution in [0.1, 0.15) is 102 Å². The number of aromatic nitrogens is 1. The van der Waals surface area contributed by atoms with Crippen LogP contribution in [0.2, 0.25) is 0 Å². The molecule has 2 rings (SSSR count). The quantitative estimate of drug-likeness (QED) is 0.175. The zero-order chi connectivity index (χ0) is 23.4. The van der Waals surface area contributed by atoms with Crippen molar-refractivity contribution >= 4 is 12.1 Å². The Kier molecular flexibility index (Phi) is 15.9. The molecule has 0 aromatic carbocycles. The van der Waals surface area contributed by atoms with Crippen LogP contribution >= 0.6 is 0 Å². The molecule has 5 nitrogen and oxygen atoms in total. The third kappa shape index (κ3) is 13.1. The molecule has 0 unspecified atom stereocenters. The van der Waals surface area contributed by atoms with Gasteiger partial charge in [0, 0.05) is 31.8 Å². The van der Waals surface area contributed by atoms with Gasteiger partial charge in [-0.05, 0) is 76.1 Å². The number of nitrogens with zero attached hydrogens (tertiary/aromatic N) is 2. The van der Waals surface area contributed by atoms with Crippen LogP contribution in [0.5, 0.6) is 0 Å². The lowest BCUT2D eigenvalue weighted by Crippen LogP contribution is -2.30. The lowest BCUT2D eigenvalue weighted by Gasteiger charge is -2.22. The van der Waals surface area contributed by atoms with Crippen molar-refractivity contribution in [2.75, 3.05) is 44.7 Å². The summed E-state index contributed by atoms with van der Waals surface area (Å²) in [6, 6.07) is 4.49. The molecule has 0 aliphatic carbocycles. The monoisotopic (exact) mass is 459 g/mol. The van der Waals surface area contributed by atoms with Crippen molar-refractivity contribution in [1.29, 1.82) is 0 Å². The molecule has 2 heterocycles. The smallest absolute Gasteiger partial charge is 0.129 e. The van der Waals surface area contributed by atoms with Crippen LogP contribution in [-0.2, 0) is 22.4 Å². The minimum atomic E-state index is 0.729. The number of pyridine rings is 1. The van der Waals surface area contributed by atoms with Crippen molar-refractivity contribution in [2.45, 2.75) is 103 Å². The molecule has 1 aromatic heterocycles. The number of nitrogens with one attached hydrogen (secondary N) is 1. The second kappa shape index (κ2) is 18.9. The molecule has 0 spiro atoms. The molecule has 1 aliphatic heterocycles. The summed E-state index contributed by atoms with van der Waals surface area (Å²) in [6.45, 7) is 8.48. The topological polar surface area (TPSA) is 54.5 Å². The van der Waals surface area contributed by atoms with E-state index in [9.17, 15) is 4.79 Å². The summed E-state index contributed by atoms with van der Waals surface area (Å²) in [5.41, 5.74) is 2.61. The first-order chi connectivity index (χ1) is 16.3. The summed E-state index contributed by atoms with van der Waals surface area (Å²) < 4.78 is 5.93. The van der Waals surface area contributed by atoms with Crippen LogP contribution in [0.15, 0.2) is 12.1 Å². The van der Waals surface area contributed by atoms with Gasteiger partial charge in [-0.25, -0.2) is 4.98 Å². The van der Waals surface area contributed by atoms with Crippen LogP contribution < -0.4 is 5.32 Å². The average Bonchev–Trinajstić information content (AvgIpc) is 2.85. The zero-order valence-corrected chi connectivity index (χ0v) is 21.3. The molecule has 188 valence electrons. The number of hydrogen-bond donors (Lipinski definition) is 1. The van der Waals surface area contributed by atoms with Crippen LogP contribution in [0.25, 0.3) is 0 Å². The lowest BCUT2D eigenvalue weighted by atomic mass is 10.1. The van der Waals surface area contributed by atoms with E-state index in [1.807, 2.05) is 0 Å². The van der Waals surface area contributed by atoms with Gasteiger partial charge in [-0.1, -0.05) is 51.5 Å². The first-order valence-electron chi connectivity index (χ1n) is 13.8. The van der Waals surface area contributed by atoms with E-state index in [2.05, 4.69) is 29.3 Å². The van der Waals surface area contributed by atoms with Gasteiger partial charge in [0.15, 0.2) is 0 Å². The van der Waals surface area contributed by atoms with E-state index in [1.54, 1.807) is 0 Å². The number of carbonyl (C=O) groups excluding carboxylic acids is 1. The van der Waals surface area contributed by atoms with Gasteiger partial charge in [-0.3, -0.25) is 0 Å². The highest BCUT2D eigenvalue weighted by molar-refractivity contribution is 5.49. The third-order valence-electron chi connectivity index (χ3n) is 6.60. The number of unbranched alkanes of at least 4 members (excludes halogenated alkanes) is 9. The van der Waals surface area contributed by atoms with Gasteiger partial charge in [0.05, 0.1) is 6.61 Å². The molecule has 0 amide bonds. The van der Waals surface area contributed by atoms with E-state index >= 15 is 0 Å². The second-order valence-electron chi connectivity index (χ2n) is 9.54. The second-order valence-corrected chi connectivity index (χ2v) is 9.54. The predicted octanol–water partition coefficient (Wildman–Crippen LogP) is 6.20. The van der Waals surface area contributed by atoms with E-state index in [0.717, 1.165) is 70.6 Å². The molecule has 1 aliphatic rings. The van der Waals surface area contributed by atoms with Gasteiger partial charge in [-0.2, -0.15) is 0 Å². The number of ether oxygens (including phenoxy) is 1. The largest absolute Gasteiger partial charge is 0.380 e. The Bertz CT molecular complexity index is 623. The normalized spacial score (nSPS) is 13.2. The average molecular weight is 460 g/mol. The highest BCUT2D eigenvalue weighted by Gasteiger charge is 2.10. The Labute approximate surface area is 203 Å². The minimum Gasteiger partial charge on any atom is -0.380 e. The highest BCUT2D eigenvalue weighted by Crippen LogP contribution is 2.20. The van der Waals surface area contributed by atoms with E-state index in [4.69, 9.17) is 9.72 Å². The highest BCUT2D eigenvalue weighted by atomic mass is 16.5. The first-order valence-corrected chi connectivity index (χ1v) is 13.8. The summed E-state index contributed by atoms with van der Waals surface area (Å²) in [6.07, 6.45) is 18.7. The van der Waals surface area contributed by atoms with Crippen LogP contribution in [-0.4, -0.2) is 55.6 Å². The number of aryl methyl sites for hydroxylation is 2. The van der Waals surface area contributed by atoms with Crippen molar-refractivity contribution in [3.8, 4) is 0 Å². The summed E-state index contributed by atoms with van der Waals surface area (Å²) in [4.78, 5) is 17.7. The molecule has 1 aromatic rings. The molecule has 5 heteroatoms. The molecular formula is C28H49N3O2. The Balaban J connectivity index is 1.50. The van der Waals surface area contributed by atoms with Gasteiger partial charge in [-0.15, -0.1) is 0 Å². The third-order valence-corrected chi connectivity index (χ3v) is 6.60. The molecule has 1 N–H and O–H groups in total. The summed E-state index contributed by atoms with van der Waals surface area (Å²) >= 11 is 0. The number of aldehydes is 1. The molecule has 33 heavy (non-hydrogen) atoms.